The molecule has 1 aromatic rings. The highest BCUT2D eigenvalue weighted by Gasteiger charge is 2.34. The Bertz CT molecular complexity index is 568. The van der Waals surface area contributed by atoms with Crippen LogP contribution in [0.2, 0.25) is 0 Å². The summed E-state index contributed by atoms with van der Waals surface area (Å²) in [6.45, 7) is 1.24. The van der Waals surface area contributed by atoms with Gasteiger partial charge in [-0.2, -0.15) is 0 Å². The zero-order valence-electron chi connectivity index (χ0n) is 15.0. The van der Waals surface area contributed by atoms with Crippen LogP contribution in [0.1, 0.15) is 56.9 Å². The highest BCUT2D eigenvalue weighted by molar-refractivity contribution is 5.84. The van der Waals surface area contributed by atoms with Gasteiger partial charge in [0.15, 0.2) is 0 Å². The molecule has 2 heterocycles. The molecule has 3 rings (SSSR count). The van der Waals surface area contributed by atoms with Gasteiger partial charge in [0.25, 0.3) is 0 Å². The van der Waals surface area contributed by atoms with Crippen LogP contribution in [0, 0.1) is 5.92 Å². The van der Waals surface area contributed by atoms with E-state index in [2.05, 4.69) is 10.3 Å². The molecule has 136 valence electrons. The highest BCUT2D eigenvalue weighted by Crippen LogP contribution is 2.27. The van der Waals surface area contributed by atoms with Crippen molar-refractivity contribution in [2.24, 2.45) is 5.92 Å². The number of carbonyl (C=O) groups is 2. The maximum Gasteiger partial charge on any atom is 0.224 e. The largest absolute Gasteiger partial charge is 0.355 e. The predicted octanol–water partition coefficient (Wildman–Crippen LogP) is 2.70. The van der Waals surface area contributed by atoms with E-state index in [1.807, 2.05) is 17.0 Å². The number of nitrogens with zero attached hydrogens (tertiary/aromatic N) is 2. The average Bonchev–Trinajstić information content (AvgIpc) is 2.92. The number of rotatable bonds is 5. The molecule has 1 aliphatic carbocycles. The molecule has 1 atom stereocenters. The summed E-state index contributed by atoms with van der Waals surface area (Å²) in [6.07, 6.45) is 12.7. The minimum atomic E-state index is -0.0570. The fraction of sp³-hybridized carbons (Fsp3) is 0.650. The molecule has 1 aromatic heterocycles. The van der Waals surface area contributed by atoms with E-state index in [-0.39, 0.29) is 17.7 Å². The maximum atomic E-state index is 12.5. The summed E-state index contributed by atoms with van der Waals surface area (Å²) < 4.78 is 0. The molecule has 1 saturated heterocycles. The Hall–Kier alpha value is -1.91. The van der Waals surface area contributed by atoms with Crippen LogP contribution in [-0.4, -0.2) is 40.8 Å². The number of piperidine rings is 1. The fourth-order valence-electron chi connectivity index (χ4n) is 4.03. The van der Waals surface area contributed by atoms with Gasteiger partial charge < -0.3 is 10.2 Å². The van der Waals surface area contributed by atoms with Gasteiger partial charge in [-0.1, -0.05) is 25.7 Å². The average molecular weight is 343 g/mol. The van der Waals surface area contributed by atoms with Gasteiger partial charge in [-0.25, -0.2) is 0 Å². The first-order chi connectivity index (χ1) is 12.2. The molecule has 0 unspecified atom stereocenters. The van der Waals surface area contributed by atoms with E-state index in [1.54, 1.807) is 12.4 Å². The smallest absolute Gasteiger partial charge is 0.224 e. The van der Waals surface area contributed by atoms with Crippen LogP contribution in [-0.2, 0) is 16.0 Å². The molecule has 5 nitrogen and oxygen atoms in total. The Morgan fingerprint density at radius 1 is 1.12 bits per heavy atom. The molecule has 0 bridgehead atoms. The molecule has 2 aliphatic rings. The van der Waals surface area contributed by atoms with Crippen LogP contribution in [0.5, 0.6) is 0 Å². The zero-order valence-corrected chi connectivity index (χ0v) is 15.0. The molecule has 2 fully saturated rings. The number of pyridine rings is 1. The third-order valence-electron chi connectivity index (χ3n) is 5.54. The molecule has 1 N–H and O–H groups in total. The lowest BCUT2D eigenvalue weighted by atomic mass is 9.93. The van der Waals surface area contributed by atoms with Gasteiger partial charge in [0.05, 0.1) is 5.92 Å². The molecular weight excluding hydrogens is 314 g/mol. The Balaban J connectivity index is 1.49. The van der Waals surface area contributed by atoms with E-state index >= 15 is 0 Å². The van der Waals surface area contributed by atoms with Crippen LogP contribution in [0.3, 0.4) is 0 Å². The van der Waals surface area contributed by atoms with Gasteiger partial charge in [-0.15, -0.1) is 0 Å². The van der Waals surface area contributed by atoms with Crippen molar-refractivity contribution in [3.63, 3.8) is 0 Å². The Kier molecular flexibility index (Phi) is 6.42. The number of likely N-dealkylation sites (tertiary alicyclic amines) is 1. The second-order valence-corrected chi connectivity index (χ2v) is 7.32. The van der Waals surface area contributed by atoms with Crippen molar-refractivity contribution in [2.45, 2.75) is 63.8 Å². The molecule has 0 spiro atoms. The lowest BCUT2D eigenvalue weighted by molar-refractivity contribution is -0.141. The summed E-state index contributed by atoms with van der Waals surface area (Å²) in [5, 5.41) is 3.05. The summed E-state index contributed by atoms with van der Waals surface area (Å²) in [4.78, 5) is 30.9. The molecule has 25 heavy (non-hydrogen) atoms. The molecular formula is C20H29N3O2. The third kappa shape index (κ3) is 5.03. The Labute approximate surface area is 150 Å². The lowest BCUT2D eigenvalue weighted by Crippen LogP contribution is -2.50. The summed E-state index contributed by atoms with van der Waals surface area (Å²) >= 11 is 0. The van der Waals surface area contributed by atoms with Gasteiger partial charge >= 0.3 is 0 Å². The number of nitrogens with one attached hydrogen (secondary N) is 1. The second kappa shape index (κ2) is 8.97. The third-order valence-corrected chi connectivity index (χ3v) is 5.54. The molecule has 5 heteroatoms. The van der Waals surface area contributed by atoms with Crippen molar-refractivity contribution in [2.75, 3.05) is 13.1 Å². The zero-order chi connectivity index (χ0) is 17.5. The van der Waals surface area contributed by atoms with Crippen molar-refractivity contribution in [3.05, 3.63) is 30.1 Å². The first-order valence-electron chi connectivity index (χ1n) is 9.70. The van der Waals surface area contributed by atoms with Gasteiger partial charge in [-0.05, 0) is 43.4 Å². The first-order valence-corrected chi connectivity index (χ1v) is 9.70. The molecule has 2 amide bonds. The molecule has 0 aromatic carbocycles. The summed E-state index contributed by atoms with van der Waals surface area (Å²) in [7, 11) is 0. The second-order valence-electron chi connectivity index (χ2n) is 7.32. The van der Waals surface area contributed by atoms with E-state index < -0.39 is 0 Å². The number of hydrogen-bond acceptors (Lipinski definition) is 3. The van der Waals surface area contributed by atoms with Crippen LogP contribution < -0.4 is 5.32 Å². The topological polar surface area (TPSA) is 62.3 Å². The normalized spacial score (nSPS) is 22.5. The lowest BCUT2D eigenvalue weighted by Gasteiger charge is -2.37. The van der Waals surface area contributed by atoms with Crippen molar-refractivity contribution in [3.8, 4) is 0 Å². The van der Waals surface area contributed by atoms with Crippen molar-refractivity contribution in [1.82, 2.24) is 15.2 Å². The summed E-state index contributed by atoms with van der Waals surface area (Å²) in [6, 6.07) is 4.29. The minimum absolute atomic E-state index is 0.0570. The Morgan fingerprint density at radius 3 is 2.56 bits per heavy atom. The van der Waals surface area contributed by atoms with Crippen LogP contribution in [0.25, 0.3) is 0 Å². The SMILES string of the molecule is O=C(NCCc1ccncc1)[C@@H]1CCC(=O)N(C2CCCCCC2)C1. The highest BCUT2D eigenvalue weighted by atomic mass is 16.2. The van der Waals surface area contributed by atoms with Crippen molar-refractivity contribution < 1.29 is 9.59 Å². The van der Waals surface area contributed by atoms with Crippen LogP contribution >= 0.6 is 0 Å². The number of amides is 2. The Morgan fingerprint density at radius 2 is 1.84 bits per heavy atom. The van der Waals surface area contributed by atoms with Crippen molar-refractivity contribution >= 4 is 11.8 Å². The summed E-state index contributed by atoms with van der Waals surface area (Å²) in [5.41, 5.74) is 1.18. The maximum absolute atomic E-state index is 12.5. The quantitative estimate of drug-likeness (QED) is 0.836. The number of carbonyl (C=O) groups excluding carboxylic acids is 2. The van der Waals surface area contributed by atoms with E-state index in [4.69, 9.17) is 0 Å². The number of aromatic nitrogens is 1. The summed E-state index contributed by atoms with van der Waals surface area (Å²) in [5.74, 6) is 0.284. The predicted molar refractivity (Wildman–Crippen MR) is 96.9 cm³/mol. The standard InChI is InChI=1S/C20H29N3O2/c24-19-8-7-17(15-23(19)18-5-3-1-2-4-6-18)20(25)22-14-11-16-9-12-21-13-10-16/h9-10,12-13,17-18H,1-8,11,14-15H2,(H,22,25)/t17-/m1/s1. The molecule has 1 aliphatic heterocycles. The van der Waals surface area contributed by atoms with Gasteiger partial charge in [0, 0.05) is 37.9 Å². The van der Waals surface area contributed by atoms with E-state index in [0.717, 1.165) is 19.3 Å². The monoisotopic (exact) mass is 343 g/mol. The van der Waals surface area contributed by atoms with E-state index in [0.29, 0.717) is 32.0 Å². The first kappa shape index (κ1) is 17.9. The fourth-order valence-corrected chi connectivity index (χ4v) is 4.03. The minimum Gasteiger partial charge on any atom is -0.355 e. The van der Waals surface area contributed by atoms with Crippen LogP contribution in [0.4, 0.5) is 0 Å². The van der Waals surface area contributed by atoms with Crippen molar-refractivity contribution in [1.29, 1.82) is 0 Å². The van der Waals surface area contributed by atoms with Gasteiger partial charge in [0.1, 0.15) is 0 Å². The number of hydrogen-bond donors (Lipinski definition) is 1. The van der Waals surface area contributed by atoms with Gasteiger partial charge in [-0.3, -0.25) is 14.6 Å². The van der Waals surface area contributed by atoms with E-state index in [9.17, 15) is 9.59 Å². The molecule has 0 radical (unpaired) electrons. The van der Waals surface area contributed by atoms with Crippen LogP contribution in [0.15, 0.2) is 24.5 Å². The molecule has 1 saturated carbocycles. The van der Waals surface area contributed by atoms with E-state index in [1.165, 1.54) is 31.2 Å². The van der Waals surface area contributed by atoms with Gasteiger partial charge in [0.2, 0.25) is 11.8 Å².